The Hall–Kier alpha value is -3.34. The highest BCUT2D eigenvalue weighted by Crippen LogP contribution is 2.42. The van der Waals surface area contributed by atoms with Gasteiger partial charge in [0.1, 0.15) is 12.6 Å². The number of aromatic nitrogens is 1. The van der Waals surface area contributed by atoms with Gasteiger partial charge >= 0.3 is 0 Å². The first kappa shape index (κ1) is 24.8. The van der Waals surface area contributed by atoms with E-state index in [-0.39, 0.29) is 29.8 Å². The summed E-state index contributed by atoms with van der Waals surface area (Å²) in [5.74, 6) is -0.0197. The Balaban J connectivity index is 1.75. The first-order chi connectivity index (χ1) is 16.7. The Morgan fingerprint density at radius 2 is 1.63 bits per heavy atom. The molecular formula is C30H37N3O2. The van der Waals surface area contributed by atoms with E-state index in [1.165, 1.54) is 5.56 Å². The van der Waals surface area contributed by atoms with Crippen LogP contribution in [0.15, 0.2) is 66.9 Å². The summed E-state index contributed by atoms with van der Waals surface area (Å²) in [4.78, 5) is 31.0. The number of fused-ring (bicyclic) bond motifs is 3. The van der Waals surface area contributed by atoms with Gasteiger partial charge in [0, 0.05) is 19.2 Å². The van der Waals surface area contributed by atoms with Crippen molar-refractivity contribution in [3.05, 3.63) is 83.7 Å². The SMILES string of the molecule is CCCCN(CC(=O)N1c2ccccc2-n2cccc2C1c1ccc(C)cc1)C(=O)CC(C)(C)C. The van der Waals surface area contributed by atoms with Gasteiger partial charge in [-0.15, -0.1) is 0 Å². The number of para-hydroxylation sites is 2. The minimum atomic E-state index is -0.265. The molecule has 184 valence electrons. The second kappa shape index (κ2) is 10.1. The summed E-state index contributed by atoms with van der Waals surface area (Å²) >= 11 is 0. The van der Waals surface area contributed by atoms with Crippen LogP contribution in [0, 0.1) is 12.3 Å². The molecule has 0 radical (unpaired) electrons. The average molecular weight is 472 g/mol. The van der Waals surface area contributed by atoms with E-state index in [2.05, 4.69) is 75.7 Å². The molecule has 1 aromatic heterocycles. The number of amides is 2. The van der Waals surface area contributed by atoms with Crippen molar-refractivity contribution in [3.8, 4) is 5.69 Å². The van der Waals surface area contributed by atoms with Gasteiger partial charge in [-0.1, -0.05) is 76.1 Å². The number of aryl methyl sites for hydroxylation is 1. The molecule has 0 fully saturated rings. The van der Waals surface area contributed by atoms with Gasteiger partial charge in [-0.25, -0.2) is 0 Å². The number of hydrogen-bond donors (Lipinski definition) is 0. The van der Waals surface area contributed by atoms with Crippen LogP contribution in [0.25, 0.3) is 5.69 Å². The lowest BCUT2D eigenvalue weighted by molar-refractivity contribution is -0.137. The zero-order valence-electron chi connectivity index (χ0n) is 21.6. The predicted molar refractivity (Wildman–Crippen MR) is 142 cm³/mol. The van der Waals surface area contributed by atoms with Gasteiger partial charge in [0.25, 0.3) is 0 Å². The van der Waals surface area contributed by atoms with E-state index in [9.17, 15) is 9.59 Å². The van der Waals surface area contributed by atoms with Crippen LogP contribution in [0.3, 0.4) is 0 Å². The number of hydrogen-bond acceptors (Lipinski definition) is 2. The standard InChI is InChI=1S/C30H37N3O2/c1-6-7-18-31(27(34)20-30(3,4)5)21-28(35)33-25-12-9-8-11-24(25)32-19-10-13-26(32)29(33)23-16-14-22(2)15-17-23/h8-17,19,29H,6-7,18,20-21H2,1-5H3. The van der Waals surface area contributed by atoms with Crippen molar-refractivity contribution in [3.63, 3.8) is 0 Å². The van der Waals surface area contributed by atoms with E-state index in [1.54, 1.807) is 4.90 Å². The van der Waals surface area contributed by atoms with E-state index in [4.69, 9.17) is 0 Å². The third kappa shape index (κ3) is 5.34. The molecule has 3 aromatic rings. The number of nitrogens with zero attached hydrogens (tertiary/aromatic N) is 3. The maximum Gasteiger partial charge on any atom is 0.247 e. The lowest BCUT2D eigenvalue weighted by atomic mass is 9.91. The summed E-state index contributed by atoms with van der Waals surface area (Å²) < 4.78 is 2.17. The molecule has 0 N–H and O–H groups in total. The lowest BCUT2D eigenvalue weighted by Gasteiger charge is -2.39. The molecule has 0 bridgehead atoms. The molecule has 0 saturated heterocycles. The molecule has 0 saturated carbocycles. The molecule has 2 aromatic carbocycles. The molecule has 4 rings (SSSR count). The number of anilines is 1. The van der Waals surface area contributed by atoms with Gasteiger partial charge in [-0.3, -0.25) is 14.5 Å². The number of rotatable bonds is 7. The van der Waals surface area contributed by atoms with E-state index < -0.39 is 0 Å². The summed E-state index contributed by atoms with van der Waals surface area (Å²) in [5, 5.41) is 0. The van der Waals surface area contributed by atoms with Gasteiger partial charge in [0.2, 0.25) is 11.8 Å². The van der Waals surface area contributed by atoms with E-state index in [1.807, 2.05) is 35.2 Å². The zero-order valence-corrected chi connectivity index (χ0v) is 21.6. The quantitative estimate of drug-likeness (QED) is 0.407. The number of carbonyl (C=O) groups excluding carboxylic acids is 2. The fourth-order valence-electron chi connectivity index (χ4n) is 4.77. The van der Waals surface area contributed by atoms with Crippen LogP contribution in [0.5, 0.6) is 0 Å². The number of carbonyl (C=O) groups is 2. The van der Waals surface area contributed by atoms with Crippen molar-refractivity contribution < 1.29 is 9.59 Å². The van der Waals surface area contributed by atoms with E-state index in [0.29, 0.717) is 13.0 Å². The Morgan fingerprint density at radius 3 is 2.29 bits per heavy atom. The van der Waals surface area contributed by atoms with Crippen molar-refractivity contribution in [1.82, 2.24) is 9.47 Å². The Kier molecular flexibility index (Phi) is 7.15. The van der Waals surface area contributed by atoms with Crippen molar-refractivity contribution in [2.24, 2.45) is 5.41 Å². The van der Waals surface area contributed by atoms with Crippen LogP contribution in [-0.4, -0.2) is 34.4 Å². The first-order valence-corrected chi connectivity index (χ1v) is 12.6. The van der Waals surface area contributed by atoms with E-state index in [0.717, 1.165) is 35.5 Å². The topological polar surface area (TPSA) is 45.6 Å². The predicted octanol–water partition coefficient (Wildman–Crippen LogP) is 6.29. The fourth-order valence-corrected chi connectivity index (χ4v) is 4.77. The lowest BCUT2D eigenvalue weighted by Crippen LogP contribution is -2.47. The Labute approximate surface area is 209 Å². The molecule has 0 aliphatic carbocycles. The second-order valence-corrected chi connectivity index (χ2v) is 10.8. The zero-order chi connectivity index (χ0) is 25.2. The van der Waals surface area contributed by atoms with Gasteiger partial charge < -0.3 is 9.47 Å². The average Bonchev–Trinajstić information content (AvgIpc) is 3.30. The van der Waals surface area contributed by atoms with Crippen molar-refractivity contribution in [2.75, 3.05) is 18.0 Å². The van der Waals surface area contributed by atoms with Gasteiger partial charge in [0.05, 0.1) is 17.1 Å². The van der Waals surface area contributed by atoms with Crippen LogP contribution >= 0.6 is 0 Å². The molecule has 1 unspecified atom stereocenters. The second-order valence-electron chi connectivity index (χ2n) is 10.8. The molecule has 1 aliphatic rings. The van der Waals surface area contributed by atoms with Crippen LogP contribution in [0.2, 0.25) is 0 Å². The summed E-state index contributed by atoms with van der Waals surface area (Å²) in [5.41, 5.74) is 4.99. The monoisotopic (exact) mass is 471 g/mol. The van der Waals surface area contributed by atoms with Gasteiger partial charge in [-0.2, -0.15) is 0 Å². The minimum Gasteiger partial charge on any atom is -0.333 e. The third-order valence-electron chi connectivity index (χ3n) is 6.52. The van der Waals surface area contributed by atoms with Crippen molar-refractivity contribution in [2.45, 2.75) is 59.9 Å². The summed E-state index contributed by atoms with van der Waals surface area (Å²) in [6, 6.07) is 20.3. The normalized spacial score (nSPS) is 14.9. The molecule has 2 heterocycles. The number of benzene rings is 2. The molecule has 1 atom stereocenters. The fraction of sp³-hybridized carbons (Fsp3) is 0.400. The van der Waals surface area contributed by atoms with Crippen molar-refractivity contribution >= 4 is 17.5 Å². The highest BCUT2D eigenvalue weighted by molar-refractivity contribution is 6.00. The number of unbranched alkanes of at least 4 members (excludes halogenated alkanes) is 1. The molecule has 5 nitrogen and oxygen atoms in total. The molecule has 5 heteroatoms. The third-order valence-corrected chi connectivity index (χ3v) is 6.52. The Bertz CT molecular complexity index is 1190. The van der Waals surface area contributed by atoms with Crippen molar-refractivity contribution in [1.29, 1.82) is 0 Å². The van der Waals surface area contributed by atoms with Crippen LogP contribution < -0.4 is 4.90 Å². The summed E-state index contributed by atoms with van der Waals surface area (Å²) in [6.07, 6.45) is 4.33. The Morgan fingerprint density at radius 1 is 0.943 bits per heavy atom. The van der Waals surface area contributed by atoms with Crippen LogP contribution in [0.4, 0.5) is 5.69 Å². The molecule has 1 aliphatic heterocycles. The van der Waals surface area contributed by atoms with Crippen LogP contribution in [0.1, 0.15) is 69.8 Å². The largest absolute Gasteiger partial charge is 0.333 e. The first-order valence-electron chi connectivity index (χ1n) is 12.6. The summed E-state index contributed by atoms with van der Waals surface area (Å²) in [7, 11) is 0. The highest BCUT2D eigenvalue weighted by atomic mass is 16.2. The molecule has 35 heavy (non-hydrogen) atoms. The maximum absolute atomic E-state index is 14.1. The van der Waals surface area contributed by atoms with Gasteiger partial charge in [0.15, 0.2) is 0 Å². The molecular weight excluding hydrogens is 434 g/mol. The summed E-state index contributed by atoms with van der Waals surface area (Å²) in [6.45, 7) is 11.0. The molecule has 0 spiro atoms. The highest BCUT2D eigenvalue weighted by Gasteiger charge is 2.37. The smallest absolute Gasteiger partial charge is 0.247 e. The minimum absolute atomic E-state index is 0.0415. The van der Waals surface area contributed by atoms with Crippen LogP contribution in [-0.2, 0) is 9.59 Å². The molecule has 2 amide bonds. The maximum atomic E-state index is 14.1. The van der Waals surface area contributed by atoms with E-state index >= 15 is 0 Å². The van der Waals surface area contributed by atoms with Gasteiger partial charge in [-0.05, 0) is 48.6 Å².